The number of hydrogen-bond donors (Lipinski definition) is 2. The van der Waals surface area contributed by atoms with Crippen molar-refractivity contribution in [1.29, 1.82) is 5.26 Å². The van der Waals surface area contributed by atoms with Crippen molar-refractivity contribution in [1.82, 2.24) is 10.3 Å². The van der Waals surface area contributed by atoms with Crippen LogP contribution >= 0.6 is 0 Å². The van der Waals surface area contributed by atoms with Gasteiger partial charge >= 0.3 is 0 Å². The second kappa shape index (κ2) is 6.99. The molecule has 1 aliphatic rings. The third-order valence-corrected chi connectivity index (χ3v) is 6.12. The van der Waals surface area contributed by atoms with Crippen LogP contribution in [0.15, 0.2) is 18.2 Å². The minimum Gasteiger partial charge on any atom is -0.358 e. The molecule has 3 nitrogen and oxygen atoms in total. The van der Waals surface area contributed by atoms with Crippen molar-refractivity contribution in [3.63, 3.8) is 0 Å². The van der Waals surface area contributed by atoms with E-state index in [4.69, 9.17) is 5.26 Å². The van der Waals surface area contributed by atoms with Crippen LogP contribution in [0.3, 0.4) is 0 Å². The van der Waals surface area contributed by atoms with E-state index in [2.05, 4.69) is 37.3 Å². The molecule has 1 saturated carbocycles. The normalized spacial score (nSPS) is 24.2. The minimum absolute atomic E-state index is 0.348. The number of fused-ring (bicyclic) bond motifs is 1. The first-order valence-corrected chi connectivity index (χ1v) is 9.33. The molecule has 24 heavy (non-hydrogen) atoms. The molecule has 0 amide bonds. The maximum atomic E-state index is 9.13. The highest BCUT2D eigenvalue weighted by Crippen LogP contribution is 2.42. The monoisotopic (exact) mass is 323 g/mol. The SMILES string of the molecule is CCCCC1(NC)CCC(c2[nH]c3ccc(C#N)cc3c2C)CC1. The number of nitrogens with zero attached hydrogens (tertiary/aromatic N) is 1. The van der Waals surface area contributed by atoms with Crippen LogP contribution < -0.4 is 5.32 Å². The molecule has 1 fully saturated rings. The Balaban J connectivity index is 1.80. The lowest BCUT2D eigenvalue weighted by Gasteiger charge is -2.40. The van der Waals surface area contributed by atoms with Crippen LogP contribution in [-0.4, -0.2) is 17.6 Å². The Hall–Kier alpha value is -1.79. The first-order chi connectivity index (χ1) is 11.6. The Morgan fingerprint density at radius 1 is 1.33 bits per heavy atom. The average Bonchev–Trinajstić information content (AvgIpc) is 2.96. The Morgan fingerprint density at radius 2 is 2.08 bits per heavy atom. The molecular formula is C21H29N3. The molecule has 0 unspecified atom stereocenters. The minimum atomic E-state index is 0.348. The Labute approximate surface area is 145 Å². The summed E-state index contributed by atoms with van der Waals surface area (Å²) in [5, 5.41) is 14.0. The zero-order valence-corrected chi connectivity index (χ0v) is 15.2. The van der Waals surface area contributed by atoms with Crippen molar-refractivity contribution in [2.75, 3.05) is 7.05 Å². The number of aryl methyl sites for hydroxylation is 1. The van der Waals surface area contributed by atoms with E-state index in [1.54, 1.807) is 0 Å². The van der Waals surface area contributed by atoms with Gasteiger partial charge < -0.3 is 10.3 Å². The summed E-state index contributed by atoms with van der Waals surface area (Å²) in [6.45, 7) is 4.48. The summed E-state index contributed by atoms with van der Waals surface area (Å²) in [5.41, 5.74) is 4.98. The molecule has 3 rings (SSSR count). The van der Waals surface area contributed by atoms with Gasteiger partial charge in [-0.05, 0) is 75.8 Å². The molecule has 0 aliphatic heterocycles. The van der Waals surface area contributed by atoms with Crippen molar-refractivity contribution in [2.24, 2.45) is 0 Å². The summed E-state index contributed by atoms with van der Waals surface area (Å²) in [5.74, 6) is 0.617. The van der Waals surface area contributed by atoms with Crippen LogP contribution in [0.4, 0.5) is 0 Å². The lowest BCUT2D eigenvalue weighted by atomic mass is 9.72. The number of aromatic nitrogens is 1. The van der Waals surface area contributed by atoms with Crippen molar-refractivity contribution in [3.8, 4) is 6.07 Å². The van der Waals surface area contributed by atoms with E-state index in [1.165, 1.54) is 61.6 Å². The van der Waals surface area contributed by atoms with Gasteiger partial charge in [0.1, 0.15) is 0 Å². The second-order valence-corrected chi connectivity index (χ2v) is 7.44. The molecule has 0 atom stereocenters. The first kappa shape index (κ1) is 17.0. The fraction of sp³-hybridized carbons (Fsp3) is 0.571. The van der Waals surface area contributed by atoms with Gasteiger partial charge in [0.05, 0.1) is 11.6 Å². The van der Waals surface area contributed by atoms with E-state index in [9.17, 15) is 0 Å². The van der Waals surface area contributed by atoms with Gasteiger partial charge in [-0.25, -0.2) is 0 Å². The number of hydrogen-bond acceptors (Lipinski definition) is 2. The standard InChI is InChI=1S/C21H29N3/c1-4-5-10-21(23-3)11-8-17(9-12-21)20-15(2)18-13-16(14-22)6-7-19(18)24-20/h6-7,13,17,23-24H,4-5,8-12H2,1-3H3. The van der Waals surface area contributed by atoms with Crippen molar-refractivity contribution in [3.05, 3.63) is 35.0 Å². The molecule has 1 aliphatic carbocycles. The molecule has 0 spiro atoms. The van der Waals surface area contributed by atoms with E-state index in [0.717, 1.165) is 11.1 Å². The molecule has 1 aromatic carbocycles. The van der Waals surface area contributed by atoms with E-state index in [1.807, 2.05) is 18.2 Å². The summed E-state index contributed by atoms with van der Waals surface area (Å²) < 4.78 is 0. The number of nitriles is 1. The third kappa shape index (κ3) is 3.08. The molecule has 1 heterocycles. The zero-order valence-electron chi connectivity index (χ0n) is 15.2. The molecule has 0 bridgehead atoms. The Kier molecular flexibility index (Phi) is 4.96. The highest BCUT2D eigenvalue weighted by atomic mass is 14.9. The summed E-state index contributed by atoms with van der Waals surface area (Å²) in [4.78, 5) is 3.64. The maximum absolute atomic E-state index is 9.13. The second-order valence-electron chi connectivity index (χ2n) is 7.44. The quantitative estimate of drug-likeness (QED) is 0.799. The molecule has 0 radical (unpaired) electrons. The summed E-state index contributed by atoms with van der Waals surface area (Å²) in [6, 6.07) is 8.22. The lowest BCUT2D eigenvalue weighted by molar-refractivity contribution is 0.208. The fourth-order valence-corrected chi connectivity index (χ4v) is 4.42. The van der Waals surface area contributed by atoms with Gasteiger partial charge in [0.2, 0.25) is 0 Å². The average molecular weight is 323 g/mol. The van der Waals surface area contributed by atoms with E-state index < -0.39 is 0 Å². The number of unbranched alkanes of at least 4 members (excludes halogenated alkanes) is 1. The summed E-state index contributed by atoms with van der Waals surface area (Å²) >= 11 is 0. The number of rotatable bonds is 5. The molecular weight excluding hydrogens is 294 g/mol. The van der Waals surface area contributed by atoms with E-state index in [-0.39, 0.29) is 0 Å². The van der Waals surface area contributed by atoms with E-state index in [0.29, 0.717) is 11.5 Å². The fourth-order valence-electron chi connectivity index (χ4n) is 4.42. The number of aromatic amines is 1. The molecule has 0 saturated heterocycles. The lowest BCUT2D eigenvalue weighted by Crippen LogP contribution is -2.45. The highest BCUT2D eigenvalue weighted by Gasteiger charge is 2.34. The number of nitrogens with one attached hydrogen (secondary N) is 2. The molecule has 2 N–H and O–H groups in total. The predicted molar refractivity (Wildman–Crippen MR) is 100 cm³/mol. The third-order valence-electron chi connectivity index (χ3n) is 6.12. The summed E-state index contributed by atoms with van der Waals surface area (Å²) in [6.07, 6.45) is 8.87. The highest BCUT2D eigenvalue weighted by molar-refractivity contribution is 5.85. The van der Waals surface area contributed by atoms with Gasteiger partial charge in [0.15, 0.2) is 0 Å². The van der Waals surface area contributed by atoms with Gasteiger partial charge in [0, 0.05) is 22.1 Å². The molecule has 128 valence electrons. The van der Waals surface area contributed by atoms with Gasteiger partial charge in [-0.15, -0.1) is 0 Å². The van der Waals surface area contributed by atoms with Crippen LogP contribution in [0.5, 0.6) is 0 Å². The largest absolute Gasteiger partial charge is 0.358 e. The van der Waals surface area contributed by atoms with Crippen LogP contribution in [0.2, 0.25) is 0 Å². The zero-order chi connectivity index (χ0) is 17.2. The van der Waals surface area contributed by atoms with Crippen LogP contribution in [0.1, 0.15) is 74.6 Å². The van der Waals surface area contributed by atoms with E-state index >= 15 is 0 Å². The number of H-pyrrole nitrogens is 1. The van der Waals surface area contributed by atoms with Crippen LogP contribution in [0, 0.1) is 18.3 Å². The van der Waals surface area contributed by atoms with Crippen LogP contribution in [-0.2, 0) is 0 Å². The predicted octanol–water partition coefficient (Wildman–Crippen LogP) is 5.15. The topological polar surface area (TPSA) is 51.6 Å². The molecule has 2 aromatic rings. The Morgan fingerprint density at radius 3 is 2.71 bits per heavy atom. The van der Waals surface area contributed by atoms with Gasteiger partial charge in [-0.3, -0.25) is 0 Å². The van der Waals surface area contributed by atoms with Crippen molar-refractivity contribution >= 4 is 10.9 Å². The Bertz CT molecular complexity index is 742. The maximum Gasteiger partial charge on any atom is 0.0991 e. The van der Waals surface area contributed by atoms with Crippen molar-refractivity contribution in [2.45, 2.75) is 70.3 Å². The molecule has 3 heteroatoms. The van der Waals surface area contributed by atoms with Crippen molar-refractivity contribution < 1.29 is 0 Å². The van der Waals surface area contributed by atoms with Gasteiger partial charge in [-0.2, -0.15) is 5.26 Å². The first-order valence-electron chi connectivity index (χ1n) is 9.33. The van der Waals surface area contributed by atoms with Gasteiger partial charge in [-0.1, -0.05) is 19.8 Å². The number of benzene rings is 1. The summed E-state index contributed by atoms with van der Waals surface area (Å²) in [7, 11) is 2.13. The van der Waals surface area contributed by atoms with Gasteiger partial charge in [0.25, 0.3) is 0 Å². The molecule has 1 aromatic heterocycles. The van der Waals surface area contributed by atoms with Crippen LogP contribution in [0.25, 0.3) is 10.9 Å². The smallest absolute Gasteiger partial charge is 0.0991 e.